The number of rotatable bonds is 6. The molecule has 0 saturated carbocycles. The van der Waals surface area contributed by atoms with Crippen molar-refractivity contribution in [3.63, 3.8) is 0 Å². The van der Waals surface area contributed by atoms with Crippen LogP contribution in [0.3, 0.4) is 0 Å². The smallest absolute Gasteiger partial charge is 0.200 e. The Labute approximate surface area is 181 Å². The van der Waals surface area contributed by atoms with Crippen LogP contribution < -0.4 is 0 Å². The molecule has 0 amide bonds. The van der Waals surface area contributed by atoms with E-state index >= 15 is 0 Å². The Morgan fingerprint density at radius 3 is 2.58 bits per heavy atom. The number of furan rings is 1. The van der Waals surface area contributed by atoms with Crippen molar-refractivity contribution in [2.75, 3.05) is 0 Å². The number of hydrogen-bond acceptors (Lipinski definition) is 7. The molecular formula is C21H18FN7OS. The predicted molar refractivity (Wildman–Crippen MR) is 113 cm³/mol. The fraction of sp³-hybridized carbons (Fsp3) is 0.190. The summed E-state index contributed by atoms with van der Waals surface area (Å²) in [6.45, 7) is 4.98. The summed E-state index contributed by atoms with van der Waals surface area (Å²) in [6, 6.07) is 13.7. The van der Waals surface area contributed by atoms with Crippen LogP contribution in [0.25, 0.3) is 28.6 Å². The molecule has 0 saturated heterocycles. The van der Waals surface area contributed by atoms with Crippen molar-refractivity contribution < 1.29 is 8.81 Å². The molecule has 156 valence electrons. The van der Waals surface area contributed by atoms with E-state index in [4.69, 9.17) is 4.42 Å². The molecule has 0 aliphatic rings. The minimum absolute atomic E-state index is 0.340. The lowest BCUT2D eigenvalue weighted by atomic mass is 10.2. The van der Waals surface area contributed by atoms with E-state index < -0.39 is 0 Å². The average Bonchev–Trinajstić information content (AvgIpc) is 3.49. The largest absolute Gasteiger partial charge is 0.461 e. The van der Waals surface area contributed by atoms with E-state index in [1.165, 1.54) is 22.3 Å². The van der Waals surface area contributed by atoms with E-state index in [2.05, 4.69) is 39.3 Å². The van der Waals surface area contributed by atoms with Crippen molar-refractivity contribution in [1.82, 2.24) is 34.6 Å². The Kier molecular flexibility index (Phi) is 4.99. The van der Waals surface area contributed by atoms with Crippen molar-refractivity contribution in [3.05, 3.63) is 60.6 Å². The maximum Gasteiger partial charge on any atom is 0.200 e. The zero-order chi connectivity index (χ0) is 21.4. The molecule has 0 atom stereocenters. The molecule has 1 aromatic carbocycles. The maximum atomic E-state index is 14.3. The van der Waals surface area contributed by atoms with E-state index in [1.54, 1.807) is 30.5 Å². The third kappa shape index (κ3) is 3.70. The molecule has 4 heterocycles. The molecule has 0 unspecified atom stereocenters. The molecule has 31 heavy (non-hydrogen) atoms. The maximum absolute atomic E-state index is 14.3. The summed E-state index contributed by atoms with van der Waals surface area (Å²) in [4.78, 5) is 0. The molecule has 5 rings (SSSR count). The lowest BCUT2D eigenvalue weighted by Crippen LogP contribution is -2.07. The van der Waals surface area contributed by atoms with Gasteiger partial charge in [-0.1, -0.05) is 26.0 Å². The van der Waals surface area contributed by atoms with Crippen molar-refractivity contribution in [2.24, 2.45) is 5.92 Å². The van der Waals surface area contributed by atoms with Crippen LogP contribution in [0.2, 0.25) is 0 Å². The average molecular weight is 435 g/mol. The SMILES string of the molecule is CC(C)Cn1c(Sc2ccc3nnc(-c4ccccc4F)n3n2)nnc1-c1ccco1. The Bertz CT molecular complexity index is 1340. The summed E-state index contributed by atoms with van der Waals surface area (Å²) in [5.74, 6) is 1.67. The molecule has 10 heteroatoms. The van der Waals surface area contributed by atoms with Crippen LogP contribution in [0, 0.1) is 11.7 Å². The second-order valence-corrected chi connectivity index (χ2v) is 8.32. The third-order valence-corrected chi connectivity index (χ3v) is 5.47. The number of aromatic nitrogens is 7. The first-order valence-electron chi connectivity index (χ1n) is 9.72. The number of fused-ring (bicyclic) bond motifs is 1. The highest BCUT2D eigenvalue weighted by atomic mass is 32.2. The van der Waals surface area contributed by atoms with Crippen LogP contribution in [-0.4, -0.2) is 34.6 Å². The second kappa shape index (κ2) is 7.95. The van der Waals surface area contributed by atoms with Gasteiger partial charge in [-0.05, 0) is 54.1 Å². The zero-order valence-electron chi connectivity index (χ0n) is 16.8. The van der Waals surface area contributed by atoms with Gasteiger partial charge in [-0.3, -0.25) is 4.57 Å². The van der Waals surface area contributed by atoms with Crippen LogP contribution >= 0.6 is 11.8 Å². The summed E-state index contributed by atoms with van der Waals surface area (Å²) in [6.07, 6.45) is 1.61. The van der Waals surface area contributed by atoms with E-state index in [-0.39, 0.29) is 5.82 Å². The molecule has 0 bridgehead atoms. The second-order valence-electron chi connectivity index (χ2n) is 7.34. The third-order valence-electron chi connectivity index (χ3n) is 4.56. The monoisotopic (exact) mass is 435 g/mol. The minimum Gasteiger partial charge on any atom is -0.461 e. The van der Waals surface area contributed by atoms with Gasteiger partial charge in [0.1, 0.15) is 10.8 Å². The number of hydrogen-bond donors (Lipinski definition) is 0. The summed E-state index contributed by atoms with van der Waals surface area (Å²) in [7, 11) is 0. The molecule has 0 fully saturated rings. The summed E-state index contributed by atoms with van der Waals surface area (Å²) in [5, 5.41) is 22.9. The highest BCUT2D eigenvalue weighted by Gasteiger charge is 2.19. The van der Waals surface area contributed by atoms with Gasteiger partial charge in [0.25, 0.3) is 0 Å². The van der Waals surface area contributed by atoms with Gasteiger partial charge in [-0.15, -0.1) is 20.4 Å². The lowest BCUT2D eigenvalue weighted by molar-refractivity contribution is 0.489. The van der Waals surface area contributed by atoms with Crippen LogP contribution in [-0.2, 0) is 6.54 Å². The van der Waals surface area contributed by atoms with Crippen LogP contribution in [0.15, 0.2) is 69.4 Å². The van der Waals surface area contributed by atoms with E-state index in [1.807, 2.05) is 22.8 Å². The highest BCUT2D eigenvalue weighted by Crippen LogP contribution is 2.30. The Morgan fingerprint density at radius 2 is 1.81 bits per heavy atom. The molecule has 0 spiro atoms. The Balaban J connectivity index is 1.54. The molecule has 0 radical (unpaired) electrons. The summed E-state index contributed by atoms with van der Waals surface area (Å²) >= 11 is 1.37. The van der Waals surface area contributed by atoms with Crippen molar-refractivity contribution in [1.29, 1.82) is 0 Å². The van der Waals surface area contributed by atoms with Gasteiger partial charge >= 0.3 is 0 Å². The topological polar surface area (TPSA) is 86.9 Å². The molecular weight excluding hydrogens is 417 g/mol. The van der Waals surface area contributed by atoms with Crippen molar-refractivity contribution in [2.45, 2.75) is 30.6 Å². The molecule has 5 aromatic rings. The zero-order valence-corrected chi connectivity index (χ0v) is 17.6. The summed E-state index contributed by atoms with van der Waals surface area (Å²) < 4.78 is 23.4. The van der Waals surface area contributed by atoms with Gasteiger partial charge < -0.3 is 4.42 Å². The molecule has 0 N–H and O–H groups in total. The summed E-state index contributed by atoms with van der Waals surface area (Å²) in [5.41, 5.74) is 0.871. The standard InChI is InChI=1S/C21H18FN7OS/c1-13(2)12-28-20(16-8-5-11-30-16)25-26-21(28)31-18-10-9-17-23-24-19(29(17)27-18)14-6-3-4-7-15(14)22/h3-11,13H,12H2,1-2H3. The molecule has 0 aliphatic heterocycles. The minimum atomic E-state index is -0.378. The van der Waals surface area contributed by atoms with Crippen LogP contribution in [0.4, 0.5) is 4.39 Å². The van der Waals surface area contributed by atoms with E-state index in [0.717, 1.165) is 6.54 Å². The number of benzene rings is 1. The number of nitrogens with zero attached hydrogens (tertiary/aromatic N) is 7. The van der Waals surface area contributed by atoms with E-state index in [0.29, 0.717) is 44.7 Å². The van der Waals surface area contributed by atoms with E-state index in [9.17, 15) is 4.39 Å². The molecule has 0 aliphatic carbocycles. The molecule has 8 nitrogen and oxygen atoms in total. The van der Waals surface area contributed by atoms with Crippen LogP contribution in [0.1, 0.15) is 13.8 Å². The number of halogens is 1. The van der Waals surface area contributed by atoms with Gasteiger partial charge in [-0.25, -0.2) is 4.39 Å². The highest BCUT2D eigenvalue weighted by molar-refractivity contribution is 7.99. The fourth-order valence-corrected chi connectivity index (χ4v) is 4.01. The molecule has 4 aromatic heterocycles. The normalized spacial score (nSPS) is 11.6. The fourth-order valence-electron chi connectivity index (χ4n) is 3.21. The predicted octanol–water partition coefficient (Wildman–Crippen LogP) is 4.59. The van der Waals surface area contributed by atoms with Gasteiger partial charge in [0, 0.05) is 6.54 Å². The Hall–Kier alpha value is -3.53. The van der Waals surface area contributed by atoms with Gasteiger partial charge in [0.2, 0.25) is 0 Å². The first-order chi connectivity index (χ1) is 15.1. The lowest BCUT2D eigenvalue weighted by Gasteiger charge is -2.11. The Morgan fingerprint density at radius 1 is 0.968 bits per heavy atom. The first-order valence-corrected chi connectivity index (χ1v) is 10.5. The van der Waals surface area contributed by atoms with Gasteiger partial charge in [-0.2, -0.15) is 9.61 Å². The van der Waals surface area contributed by atoms with Crippen molar-refractivity contribution >= 4 is 17.4 Å². The van der Waals surface area contributed by atoms with Gasteiger partial charge in [0.15, 0.2) is 28.2 Å². The first kappa shape index (κ1) is 19.4. The van der Waals surface area contributed by atoms with Gasteiger partial charge in [0.05, 0.1) is 11.8 Å². The quantitative estimate of drug-likeness (QED) is 0.385. The van der Waals surface area contributed by atoms with Crippen molar-refractivity contribution in [3.8, 4) is 23.0 Å². The van der Waals surface area contributed by atoms with Crippen LogP contribution in [0.5, 0.6) is 0 Å².